The topological polar surface area (TPSA) is 101 Å². The Kier molecular flexibility index (Phi) is 5.91. The number of aromatic nitrogens is 1. The van der Waals surface area contributed by atoms with Crippen LogP contribution in [0.2, 0.25) is 5.02 Å². The Morgan fingerprint density at radius 1 is 1.33 bits per heavy atom. The number of phenols is 1. The number of rotatable bonds is 3. The van der Waals surface area contributed by atoms with Gasteiger partial charge in [0.1, 0.15) is 34.5 Å². The maximum atomic E-state index is 15.0. The normalized spacial score (nSPS) is 20.2. The number of halogens is 2. The van der Waals surface area contributed by atoms with Crippen molar-refractivity contribution < 1.29 is 23.8 Å². The monoisotopic (exact) mass is 552 g/mol. The summed E-state index contributed by atoms with van der Waals surface area (Å²) >= 11 is 6.80. The third-order valence-corrected chi connectivity index (χ3v) is 7.83. The van der Waals surface area contributed by atoms with E-state index in [1.165, 1.54) is 24.3 Å². The molecule has 2 aromatic rings. The number of pyridine rings is 1. The summed E-state index contributed by atoms with van der Waals surface area (Å²) in [5.74, 6) is -1.32. The number of hydrogen-bond acceptors (Lipinski definition) is 8. The van der Waals surface area contributed by atoms with E-state index in [2.05, 4.69) is 12.0 Å². The molecule has 0 aliphatic carbocycles. The number of amides is 2. The van der Waals surface area contributed by atoms with Crippen LogP contribution in [0.25, 0.3) is 11.3 Å². The predicted octanol–water partition coefficient (Wildman–Crippen LogP) is 2.86. The van der Waals surface area contributed by atoms with E-state index < -0.39 is 11.9 Å². The third kappa shape index (κ3) is 3.87. The van der Waals surface area contributed by atoms with Gasteiger partial charge in [0.05, 0.1) is 23.8 Å². The lowest BCUT2D eigenvalue weighted by atomic mass is 10.1. The number of nitrogens with zero attached hydrogens (tertiary/aromatic N) is 5. The first-order valence-corrected chi connectivity index (χ1v) is 12.8. The minimum absolute atomic E-state index is 0.0360. The summed E-state index contributed by atoms with van der Waals surface area (Å²) in [6, 6.07) is 3.49. The van der Waals surface area contributed by atoms with Crippen LogP contribution in [0.4, 0.5) is 10.2 Å². The molecule has 1 atom stereocenters. The number of piperazine rings is 1. The lowest BCUT2D eigenvalue weighted by Crippen LogP contribution is -2.57. The van der Waals surface area contributed by atoms with Crippen molar-refractivity contribution in [2.75, 3.05) is 44.7 Å². The lowest BCUT2D eigenvalue weighted by molar-refractivity contribution is -0.128. The highest BCUT2D eigenvalue weighted by Crippen LogP contribution is 2.47. The second-order valence-corrected chi connectivity index (χ2v) is 10.2. The van der Waals surface area contributed by atoms with E-state index in [0.29, 0.717) is 13.1 Å². The fourth-order valence-electron chi connectivity index (χ4n) is 5.55. The van der Waals surface area contributed by atoms with Gasteiger partial charge in [-0.15, -0.1) is 0 Å². The first-order chi connectivity index (χ1) is 18.7. The number of nitrogens with one attached hydrogen (secondary N) is 1. The molecule has 1 fully saturated rings. The Morgan fingerprint density at radius 2 is 2.13 bits per heavy atom. The fourth-order valence-corrected chi connectivity index (χ4v) is 5.84. The van der Waals surface area contributed by atoms with E-state index in [0.717, 1.165) is 17.0 Å². The van der Waals surface area contributed by atoms with Crippen molar-refractivity contribution in [2.24, 2.45) is 0 Å². The Balaban J connectivity index is 1.53. The number of hydrogen-bond donors (Lipinski definition) is 2. The van der Waals surface area contributed by atoms with Crippen molar-refractivity contribution in [3.63, 3.8) is 0 Å². The van der Waals surface area contributed by atoms with E-state index in [-0.39, 0.29) is 70.7 Å². The number of phenolic OH excluding ortho intramolecular Hbond substituents is 1. The zero-order valence-corrected chi connectivity index (χ0v) is 22.1. The van der Waals surface area contributed by atoms with Gasteiger partial charge in [-0.2, -0.15) is 0 Å². The smallest absolute Gasteiger partial charge is 0.261 e. The van der Waals surface area contributed by atoms with Gasteiger partial charge in [-0.1, -0.05) is 24.2 Å². The van der Waals surface area contributed by atoms with Gasteiger partial charge in [-0.25, -0.2) is 9.37 Å². The summed E-state index contributed by atoms with van der Waals surface area (Å²) in [5, 5.41) is 12.3. The first-order valence-electron chi connectivity index (χ1n) is 12.4. The van der Waals surface area contributed by atoms with Crippen LogP contribution in [0.5, 0.6) is 11.5 Å². The highest BCUT2D eigenvalue weighted by molar-refractivity contribution is 6.35. The van der Waals surface area contributed by atoms with E-state index >= 15 is 4.39 Å². The van der Waals surface area contributed by atoms with Crippen LogP contribution in [0.15, 0.2) is 54.0 Å². The van der Waals surface area contributed by atoms with Gasteiger partial charge >= 0.3 is 0 Å². The van der Waals surface area contributed by atoms with Gasteiger partial charge in [0.15, 0.2) is 11.6 Å². The van der Waals surface area contributed by atoms with Crippen molar-refractivity contribution >= 4 is 29.2 Å². The van der Waals surface area contributed by atoms with Gasteiger partial charge < -0.3 is 24.5 Å². The third-order valence-electron chi connectivity index (χ3n) is 7.48. The van der Waals surface area contributed by atoms with Gasteiger partial charge in [-0.3, -0.25) is 20.0 Å². The average Bonchev–Trinajstić information content (AvgIpc) is 3.38. The van der Waals surface area contributed by atoms with Crippen LogP contribution in [0.3, 0.4) is 0 Å². The van der Waals surface area contributed by atoms with Gasteiger partial charge in [0.25, 0.3) is 5.91 Å². The van der Waals surface area contributed by atoms with E-state index in [4.69, 9.17) is 21.3 Å². The fraction of sp³-hybridized carbons (Fsp3) is 0.296. The SMILES string of the molecule is C=CC(=O)N1CCN2C(=O)c3c(N4CC5=CN(C)NC5=C4C)nc(-c4c(O)cccc4F)c(Cl)c3OC[C@H]2C1. The molecule has 202 valence electrons. The largest absolute Gasteiger partial charge is 0.507 e. The Bertz CT molecular complexity index is 1490. The van der Waals surface area contributed by atoms with Crippen LogP contribution >= 0.6 is 11.6 Å². The van der Waals surface area contributed by atoms with E-state index in [9.17, 15) is 14.7 Å². The molecule has 39 heavy (non-hydrogen) atoms. The quantitative estimate of drug-likeness (QED) is 0.561. The van der Waals surface area contributed by atoms with E-state index in [1.54, 1.807) is 9.80 Å². The summed E-state index contributed by atoms with van der Waals surface area (Å²) in [7, 11) is 1.88. The van der Waals surface area contributed by atoms with Crippen LogP contribution in [-0.4, -0.2) is 82.6 Å². The molecule has 0 bridgehead atoms. The van der Waals surface area contributed by atoms with Crippen molar-refractivity contribution in [1.82, 2.24) is 25.2 Å². The molecule has 0 radical (unpaired) electrons. The molecular weight excluding hydrogens is 527 g/mol. The average molecular weight is 553 g/mol. The Labute approximate surface area is 229 Å². The number of anilines is 1. The summed E-state index contributed by atoms with van der Waals surface area (Å²) in [6.07, 6.45) is 3.19. The number of benzene rings is 1. The Morgan fingerprint density at radius 3 is 2.85 bits per heavy atom. The number of aromatic hydroxyl groups is 1. The molecule has 4 aliphatic heterocycles. The molecule has 5 heterocycles. The molecule has 0 unspecified atom stereocenters. The van der Waals surface area contributed by atoms with Gasteiger partial charge in [0.2, 0.25) is 5.91 Å². The molecular formula is C27H26ClFN6O4. The minimum atomic E-state index is -0.717. The highest BCUT2D eigenvalue weighted by Gasteiger charge is 2.42. The maximum Gasteiger partial charge on any atom is 0.261 e. The van der Waals surface area contributed by atoms with E-state index in [1.807, 2.05) is 30.1 Å². The summed E-state index contributed by atoms with van der Waals surface area (Å²) < 4.78 is 21.2. The van der Waals surface area contributed by atoms with Crippen LogP contribution in [0, 0.1) is 5.82 Å². The second kappa shape index (κ2) is 9.19. The molecule has 10 nitrogen and oxygen atoms in total. The van der Waals surface area contributed by atoms with Crippen molar-refractivity contribution in [3.8, 4) is 22.8 Å². The molecule has 2 N–H and O–H groups in total. The zero-order valence-electron chi connectivity index (χ0n) is 21.4. The van der Waals surface area contributed by atoms with Gasteiger partial charge in [0, 0.05) is 44.2 Å². The molecule has 0 spiro atoms. The molecule has 2 amide bonds. The maximum absolute atomic E-state index is 15.0. The number of allylic oxidation sites excluding steroid dienone is 1. The number of ether oxygens (including phenoxy) is 1. The molecule has 4 aliphatic rings. The van der Waals surface area contributed by atoms with Crippen molar-refractivity contribution in [2.45, 2.75) is 13.0 Å². The number of carbonyl (C=O) groups is 2. The molecule has 0 saturated carbocycles. The van der Waals surface area contributed by atoms with Crippen LogP contribution < -0.4 is 15.1 Å². The summed E-state index contributed by atoms with van der Waals surface area (Å²) in [4.78, 5) is 36.3. The predicted molar refractivity (Wildman–Crippen MR) is 142 cm³/mol. The molecule has 1 saturated heterocycles. The van der Waals surface area contributed by atoms with Crippen LogP contribution in [0.1, 0.15) is 17.3 Å². The number of fused-ring (bicyclic) bond motifs is 3. The Hall–Kier alpha value is -4.25. The van der Waals surface area contributed by atoms with Crippen molar-refractivity contribution in [1.29, 1.82) is 0 Å². The number of hydrazine groups is 1. The molecule has 6 rings (SSSR count). The van der Waals surface area contributed by atoms with Gasteiger partial charge in [-0.05, 0) is 25.1 Å². The second-order valence-electron chi connectivity index (χ2n) is 9.81. The minimum Gasteiger partial charge on any atom is -0.507 e. The highest BCUT2D eigenvalue weighted by atomic mass is 35.5. The van der Waals surface area contributed by atoms with Crippen LogP contribution in [-0.2, 0) is 4.79 Å². The lowest BCUT2D eigenvalue weighted by Gasteiger charge is -2.39. The summed E-state index contributed by atoms with van der Waals surface area (Å²) in [5.41, 5.74) is 5.88. The molecule has 1 aromatic heterocycles. The number of carbonyl (C=O) groups excluding carboxylic acids is 2. The standard InChI is InChI=1S/C27H26ClFN6O4/c1-4-19(37)33-8-9-34-16(12-33)13-39-25-21(27(34)38)26(35-11-15-10-32(3)31-23(15)14(35)2)30-24(22(25)28)20-17(29)6-5-7-18(20)36/h4-7,10,16,31,36H,1,8-9,11-13H2,2-3H3/t16-/m1/s1. The molecule has 12 heteroatoms. The zero-order chi connectivity index (χ0) is 27.6. The van der Waals surface area contributed by atoms with Crippen molar-refractivity contribution in [3.05, 3.63) is 70.4 Å². The summed E-state index contributed by atoms with van der Waals surface area (Å²) in [6.45, 7) is 6.82. The molecule has 1 aromatic carbocycles. The first kappa shape index (κ1) is 25.1.